The maximum absolute atomic E-state index is 12.7. The lowest BCUT2D eigenvalue weighted by Crippen LogP contribution is -2.38. The highest BCUT2D eigenvalue weighted by molar-refractivity contribution is 7.14. The number of carbonyl (C=O) groups excluding carboxylic acids is 1. The summed E-state index contributed by atoms with van der Waals surface area (Å²) in [4.78, 5) is 19.8. The maximum Gasteiger partial charge on any atom is 0.257 e. The predicted molar refractivity (Wildman–Crippen MR) is 114 cm³/mol. The van der Waals surface area contributed by atoms with Crippen LogP contribution in [0, 0.1) is 11.8 Å². The third-order valence-electron chi connectivity index (χ3n) is 5.03. The van der Waals surface area contributed by atoms with Crippen molar-refractivity contribution in [2.24, 2.45) is 11.8 Å². The first-order valence-corrected chi connectivity index (χ1v) is 10.6. The van der Waals surface area contributed by atoms with Gasteiger partial charge in [-0.05, 0) is 30.4 Å². The van der Waals surface area contributed by atoms with Gasteiger partial charge in [0.15, 0.2) is 16.6 Å². The van der Waals surface area contributed by atoms with Crippen LogP contribution in [0.4, 0.5) is 5.13 Å². The number of piperidine rings is 1. The number of benzene rings is 1. The summed E-state index contributed by atoms with van der Waals surface area (Å²) < 4.78 is 15.9. The summed E-state index contributed by atoms with van der Waals surface area (Å²) >= 11 is 1.43. The summed E-state index contributed by atoms with van der Waals surface area (Å²) in [5.74, 6) is 2.46. The maximum atomic E-state index is 12.7. The number of carbonyl (C=O) groups is 1. The standard InChI is InChI=1S/C21H29N3O4S/c1-13-6-14(2)10-24(9-13)11-16-12-29-21(22-16)23-20(25)15-7-17(26-3)19(28-5)18(8-15)27-4/h7-8,12-14H,6,9-11H2,1-5H3,(H,22,23,25)/t13-,14-/m1/s1. The van der Waals surface area contributed by atoms with E-state index < -0.39 is 0 Å². The highest BCUT2D eigenvalue weighted by Crippen LogP contribution is 2.38. The lowest BCUT2D eigenvalue weighted by molar-refractivity contribution is 0.102. The fraction of sp³-hybridized carbons (Fsp3) is 0.524. The first kappa shape index (κ1) is 21.4. The van der Waals surface area contributed by atoms with Crippen molar-refractivity contribution in [2.75, 3.05) is 39.7 Å². The van der Waals surface area contributed by atoms with Crippen LogP contribution in [0.3, 0.4) is 0 Å². The first-order chi connectivity index (χ1) is 13.9. The lowest BCUT2D eigenvalue weighted by Gasteiger charge is -2.34. The quantitative estimate of drug-likeness (QED) is 0.734. The second-order valence-corrected chi connectivity index (χ2v) is 8.51. The predicted octanol–water partition coefficient (Wildman–Crippen LogP) is 3.90. The van der Waals surface area contributed by atoms with E-state index in [9.17, 15) is 4.79 Å². The second-order valence-electron chi connectivity index (χ2n) is 7.65. The molecular weight excluding hydrogens is 390 g/mol. The van der Waals surface area contributed by atoms with Gasteiger partial charge in [0.25, 0.3) is 5.91 Å². The molecule has 2 heterocycles. The molecule has 29 heavy (non-hydrogen) atoms. The van der Waals surface area contributed by atoms with E-state index in [4.69, 9.17) is 14.2 Å². The molecule has 2 aromatic rings. The van der Waals surface area contributed by atoms with Gasteiger partial charge in [-0.3, -0.25) is 15.0 Å². The normalized spacial score (nSPS) is 19.6. The summed E-state index contributed by atoms with van der Waals surface area (Å²) in [5.41, 5.74) is 1.39. The molecule has 1 amide bonds. The fourth-order valence-corrected chi connectivity index (χ4v) is 4.67. The van der Waals surface area contributed by atoms with E-state index in [0.717, 1.165) is 25.3 Å². The van der Waals surface area contributed by atoms with Crippen LogP contribution in [0.15, 0.2) is 17.5 Å². The van der Waals surface area contributed by atoms with Gasteiger partial charge in [-0.2, -0.15) is 0 Å². The second kappa shape index (κ2) is 9.45. The summed E-state index contributed by atoms with van der Waals surface area (Å²) in [6, 6.07) is 3.25. The number of likely N-dealkylation sites (tertiary alicyclic amines) is 1. The van der Waals surface area contributed by atoms with E-state index in [-0.39, 0.29) is 5.91 Å². The molecule has 0 unspecified atom stereocenters. The number of nitrogens with one attached hydrogen (secondary N) is 1. The Kier molecular flexibility index (Phi) is 6.97. The fourth-order valence-electron chi connectivity index (χ4n) is 3.97. The van der Waals surface area contributed by atoms with Crippen LogP contribution in [-0.4, -0.2) is 50.2 Å². The van der Waals surface area contributed by atoms with Crippen molar-refractivity contribution in [3.8, 4) is 17.2 Å². The van der Waals surface area contributed by atoms with Crippen LogP contribution in [0.1, 0.15) is 36.3 Å². The zero-order valence-corrected chi connectivity index (χ0v) is 18.5. The largest absolute Gasteiger partial charge is 0.493 e. The molecule has 0 spiro atoms. The van der Waals surface area contributed by atoms with Crippen LogP contribution in [0.2, 0.25) is 0 Å². The number of amides is 1. The monoisotopic (exact) mass is 419 g/mol. The highest BCUT2D eigenvalue weighted by Gasteiger charge is 2.23. The molecule has 0 aliphatic carbocycles. The molecule has 7 nitrogen and oxygen atoms in total. The van der Waals surface area contributed by atoms with E-state index in [1.165, 1.54) is 39.1 Å². The molecular formula is C21H29N3O4S. The van der Waals surface area contributed by atoms with E-state index in [0.29, 0.717) is 39.8 Å². The van der Waals surface area contributed by atoms with Crippen LogP contribution < -0.4 is 19.5 Å². The van der Waals surface area contributed by atoms with Gasteiger partial charge >= 0.3 is 0 Å². The molecule has 1 fully saturated rings. The summed E-state index contributed by atoms with van der Waals surface area (Å²) in [7, 11) is 4.57. The van der Waals surface area contributed by atoms with E-state index in [2.05, 4.69) is 29.0 Å². The van der Waals surface area contributed by atoms with Crippen molar-refractivity contribution in [1.82, 2.24) is 9.88 Å². The molecule has 1 saturated heterocycles. The Hall–Kier alpha value is -2.32. The average Bonchev–Trinajstić information content (AvgIpc) is 3.12. The zero-order valence-electron chi connectivity index (χ0n) is 17.7. The molecule has 1 N–H and O–H groups in total. The van der Waals surface area contributed by atoms with Crippen LogP contribution >= 0.6 is 11.3 Å². The third-order valence-corrected chi connectivity index (χ3v) is 5.84. The highest BCUT2D eigenvalue weighted by atomic mass is 32.1. The van der Waals surface area contributed by atoms with Gasteiger partial charge in [0, 0.05) is 30.6 Å². The molecule has 0 bridgehead atoms. The average molecular weight is 420 g/mol. The number of anilines is 1. The van der Waals surface area contributed by atoms with Gasteiger partial charge < -0.3 is 14.2 Å². The van der Waals surface area contributed by atoms with Gasteiger partial charge in [-0.1, -0.05) is 13.8 Å². The molecule has 1 aliphatic rings. The Bertz CT molecular complexity index is 819. The summed E-state index contributed by atoms with van der Waals surface area (Å²) in [5, 5.41) is 5.46. The molecule has 1 aliphatic heterocycles. The summed E-state index contributed by atoms with van der Waals surface area (Å²) in [6.45, 7) is 7.59. The minimum atomic E-state index is -0.273. The van der Waals surface area contributed by atoms with E-state index in [1.54, 1.807) is 12.1 Å². The molecule has 0 radical (unpaired) electrons. The number of ether oxygens (including phenoxy) is 3. The van der Waals surface area contributed by atoms with Crippen molar-refractivity contribution in [3.05, 3.63) is 28.8 Å². The van der Waals surface area contributed by atoms with Crippen LogP contribution in [0.5, 0.6) is 17.2 Å². The van der Waals surface area contributed by atoms with Gasteiger partial charge in [-0.25, -0.2) is 4.98 Å². The molecule has 1 aromatic carbocycles. The third kappa shape index (κ3) is 5.19. The van der Waals surface area contributed by atoms with Gasteiger partial charge in [0.2, 0.25) is 5.75 Å². The van der Waals surface area contributed by atoms with Crippen LogP contribution in [0.25, 0.3) is 0 Å². The van der Waals surface area contributed by atoms with Gasteiger partial charge in [-0.15, -0.1) is 11.3 Å². The zero-order chi connectivity index (χ0) is 21.0. The minimum Gasteiger partial charge on any atom is -0.493 e. The first-order valence-electron chi connectivity index (χ1n) is 9.71. The van der Waals surface area contributed by atoms with Crippen LogP contribution in [-0.2, 0) is 6.54 Å². The van der Waals surface area contributed by atoms with Crippen molar-refractivity contribution >= 4 is 22.4 Å². The van der Waals surface area contributed by atoms with Crippen molar-refractivity contribution in [2.45, 2.75) is 26.8 Å². The van der Waals surface area contributed by atoms with E-state index in [1.807, 2.05) is 5.38 Å². The van der Waals surface area contributed by atoms with Crippen molar-refractivity contribution in [3.63, 3.8) is 0 Å². The molecule has 0 saturated carbocycles. The minimum absolute atomic E-state index is 0.273. The number of methoxy groups -OCH3 is 3. The number of thiazole rings is 1. The summed E-state index contributed by atoms with van der Waals surface area (Å²) in [6.07, 6.45) is 1.28. The molecule has 3 rings (SSSR count). The number of nitrogens with zero attached hydrogens (tertiary/aromatic N) is 2. The molecule has 158 valence electrons. The smallest absolute Gasteiger partial charge is 0.257 e. The Morgan fingerprint density at radius 3 is 2.31 bits per heavy atom. The van der Waals surface area contributed by atoms with Gasteiger partial charge in [0.1, 0.15) is 0 Å². The number of hydrogen-bond donors (Lipinski definition) is 1. The van der Waals surface area contributed by atoms with Crippen molar-refractivity contribution in [1.29, 1.82) is 0 Å². The number of hydrogen-bond acceptors (Lipinski definition) is 7. The Morgan fingerprint density at radius 1 is 1.14 bits per heavy atom. The molecule has 2 atom stereocenters. The SMILES string of the molecule is COc1cc(C(=O)Nc2nc(CN3C[C@H](C)C[C@@H](C)C3)cs2)cc(OC)c1OC. The Morgan fingerprint density at radius 2 is 1.76 bits per heavy atom. The lowest BCUT2D eigenvalue weighted by atomic mass is 9.92. The Balaban J connectivity index is 1.69. The van der Waals surface area contributed by atoms with E-state index >= 15 is 0 Å². The van der Waals surface area contributed by atoms with Crippen molar-refractivity contribution < 1.29 is 19.0 Å². The number of aromatic nitrogens is 1. The molecule has 1 aromatic heterocycles. The Labute approximate surface area is 176 Å². The molecule has 8 heteroatoms. The number of rotatable bonds is 7. The topological polar surface area (TPSA) is 72.9 Å². The van der Waals surface area contributed by atoms with Gasteiger partial charge in [0.05, 0.1) is 27.0 Å².